The largest absolute Gasteiger partial charge is 0.394 e. The zero-order valence-electron chi connectivity index (χ0n) is 12.0. The van der Waals surface area contributed by atoms with Crippen molar-refractivity contribution in [2.45, 2.75) is 13.0 Å². The number of aliphatic hydroxyl groups is 1. The van der Waals surface area contributed by atoms with Gasteiger partial charge in [0.05, 0.1) is 36.1 Å². The fourth-order valence-electron chi connectivity index (χ4n) is 2.29. The van der Waals surface area contributed by atoms with Crippen LogP contribution in [0.4, 0.5) is 4.39 Å². The van der Waals surface area contributed by atoms with Crippen molar-refractivity contribution in [2.75, 3.05) is 6.61 Å². The Morgan fingerprint density at radius 1 is 1.18 bits per heavy atom. The van der Waals surface area contributed by atoms with E-state index in [1.807, 2.05) is 11.5 Å². The summed E-state index contributed by atoms with van der Waals surface area (Å²) in [5.41, 5.74) is 2.96. The van der Waals surface area contributed by atoms with Crippen molar-refractivity contribution in [1.82, 2.24) is 19.5 Å². The average Bonchev–Trinajstić information content (AvgIpc) is 3.00. The molecule has 22 heavy (non-hydrogen) atoms. The Morgan fingerprint density at radius 2 is 1.95 bits per heavy atom. The molecule has 1 N–H and O–H groups in total. The first-order chi connectivity index (χ1) is 10.7. The first-order valence-electron chi connectivity index (χ1n) is 6.90. The fraction of sp³-hybridized carbons (Fsp3) is 0.188. The van der Waals surface area contributed by atoms with Crippen LogP contribution >= 0.6 is 0 Å². The second-order valence-electron chi connectivity index (χ2n) is 4.98. The number of hydrogen-bond acceptors (Lipinski definition) is 4. The highest BCUT2D eigenvalue weighted by Gasteiger charge is 2.18. The maximum atomic E-state index is 13.1. The lowest BCUT2D eigenvalue weighted by atomic mass is 10.1. The van der Waals surface area contributed by atoms with Crippen molar-refractivity contribution in [3.63, 3.8) is 0 Å². The summed E-state index contributed by atoms with van der Waals surface area (Å²) in [6.45, 7) is 1.87. The van der Waals surface area contributed by atoms with E-state index in [4.69, 9.17) is 0 Å². The number of benzene rings is 1. The minimum absolute atomic E-state index is 0.0166. The fourth-order valence-corrected chi connectivity index (χ4v) is 2.29. The first kappa shape index (κ1) is 14.3. The number of halogens is 1. The summed E-state index contributed by atoms with van der Waals surface area (Å²) in [6, 6.07) is 7.78. The highest BCUT2D eigenvalue weighted by Crippen LogP contribution is 2.31. The van der Waals surface area contributed by atoms with E-state index in [-0.39, 0.29) is 18.5 Å². The van der Waals surface area contributed by atoms with Crippen LogP contribution in [0.2, 0.25) is 0 Å². The number of hydrogen-bond donors (Lipinski definition) is 1. The number of aliphatic hydroxyl groups excluding tert-OH is 1. The summed E-state index contributed by atoms with van der Waals surface area (Å²) in [6.07, 6.45) is 4.78. The van der Waals surface area contributed by atoms with Gasteiger partial charge in [0.2, 0.25) is 0 Å². The molecule has 2 aromatic heterocycles. The van der Waals surface area contributed by atoms with Gasteiger partial charge in [0.25, 0.3) is 0 Å². The highest BCUT2D eigenvalue weighted by atomic mass is 19.1. The lowest BCUT2D eigenvalue weighted by Crippen LogP contribution is -2.10. The predicted molar refractivity (Wildman–Crippen MR) is 80.4 cm³/mol. The second-order valence-corrected chi connectivity index (χ2v) is 4.98. The van der Waals surface area contributed by atoms with E-state index in [1.54, 1.807) is 30.7 Å². The second kappa shape index (κ2) is 6.03. The molecule has 112 valence electrons. The lowest BCUT2D eigenvalue weighted by molar-refractivity contribution is 0.239. The van der Waals surface area contributed by atoms with Crippen LogP contribution in [-0.2, 0) is 0 Å². The summed E-state index contributed by atoms with van der Waals surface area (Å²) in [5.74, 6) is -0.296. The van der Waals surface area contributed by atoms with Gasteiger partial charge in [-0.15, -0.1) is 0 Å². The van der Waals surface area contributed by atoms with Crippen LogP contribution < -0.4 is 0 Å². The Labute approximate surface area is 127 Å². The summed E-state index contributed by atoms with van der Waals surface area (Å²) >= 11 is 0. The molecular weight excluding hydrogens is 283 g/mol. The van der Waals surface area contributed by atoms with Crippen LogP contribution in [0, 0.1) is 5.82 Å². The molecule has 3 rings (SSSR count). The van der Waals surface area contributed by atoms with Crippen LogP contribution in [-0.4, -0.2) is 31.2 Å². The Balaban J connectivity index is 2.19. The third-order valence-electron chi connectivity index (χ3n) is 3.48. The van der Waals surface area contributed by atoms with E-state index in [2.05, 4.69) is 15.0 Å². The highest BCUT2D eigenvalue weighted by molar-refractivity contribution is 5.76. The van der Waals surface area contributed by atoms with Gasteiger partial charge < -0.3 is 9.67 Å². The number of imidazole rings is 1. The molecule has 0 saturated carbocycles. The van der Waals surface area contributed by atoms with E-state index >= 15 is 0 Å². The molecule has 0 fully saturated rings. The Morgan fingerprint density at radius 3 is 2.59 bits per heavy atom. The van der Waals surface area contributed by atoms with Gasteiger partial charge in [-0.2, -0.15) is 0 Å². The molecule has 1 aromatic carbocycles. The monoisotopic (exact) mass is 298 g/mol. The molecule has 0 spiro atoms. The van der Waals surface area contributed by atoms with Gasteiger partial charge in [-0.05, 0) is 37.3 Å². The van der Waals surface area contributed by atoms with E-state index < -0.39 is 0 Å². The first-order valence-corrected chi connectivity index (χ1v) is 6.90. The van der Waals surface area contributed by atoms with Crippen LogP contribution in [0.5, 0.6) is 0 Å². The van der Waals surface area contributed by atoms with Crippen LogP contribution in [0.3, 0.4) is 0 Å². The molecule has 0 aliphatic carbocycles. The Kier molecular flexibility index (Phi) is 3.93. The maximum absolute atomic E-state index is 13.1. The zero-order valence-corrected chi connectivity index (χ0v) is 12.0. The molecule has 5 nitrogen and oxygen atoms in total. The summed E-state index contributed by atoms with van der Waals surface area (Å²) in [7, 11) is 0. The van der Waals surface area contributed by atoms with Crippen molar-refractivity contribution in [2.24, 2.45) is 0 Å². The molecule has 2 heterocycles. The smallest absolute Gasteiger partial charge is 0.123 e. The van der Waals surface area contributed by atoms with Gasteiger partial charge in [0, 0.05) is 11.8 Å². The van der Waals surface area contributed by atoms with E-state index in [1.165, 1.54) is 18.5 Å². The standard InChI is InChI=1S/C16H15FN4O/c1-11(8-22)21-10-20-15(12-2-4-13(17)5-3-12)16(21)14-6-7-18-9-19-14/h2-7,9-11,22H,8H2,1H3. The van der Waals surface area contributed by atoms with Crippen molar-refractivity contribution >= 4 is 0 Å². The number of aromatic nitrogens is 4. The van der Waals surface area contributed by atoms with Crippen LogP contribution in [0.1, 0.15) is 13.0 Å². The minimum atomic E-state index is -0.296. The van der Waals surface area contributed by atoms with Crippen molar-refractivity contribution in [3.8, 4) is 22.6 Å². The molecule has 0 radical (unpaired) electrons. The molecule has 1 atom stereocenters. The Bertz CT molecular complexity index is 756. The summed E-state index contributed by atoms with van der Waals surface area (Å²) < 4.78 is 15.0. The quantitative estimate of drug-likeness (QED) is 0.804. The van der Waals surface area contributed by atoms with Gasteiger partial charge in [-0.3, -0.25) is 0 Å². The van der Waals surface area contributed by atoms with E-state index in [0.717, 1.165) is 11.3 Å². The third kappa shape index (κ3) is 2.60. The van der Waals surface area contributed by atoms with Gasteiger partial charge in [0.15, 0.2) is 0 Å². The van der Waals surface area contributed by atoms with Gasteiger partial charge in [-0.1, -0.05) is 0 Å². The topological polar surface area (TPSA) is 63.8 Å². The minimum Gasteiger partial charge on any atom is -0.394 e. The molecule has 0 saturated heterocycles. The molecular formula is C16H15FN4O. The molecule has 0 aliphatic rings. The number of nitrogens with zero attached hydrogens (tertiary/aromatic N) is 4. The van der Waals surface area contributed by atoms with Gasteiger partial charge in [0.1, 0.15) is 12.1 Å². The van der Waals surface area contributed by atoms with Gasteiger partial charge >= 0.3 is 0 Å². The summed E-state index contributed by atoms with van der Waals surface area (Å²) in [4.78, 5) is 12.6. The van der Waals surface area contributed by atoms with E-state index in [9.17, 15) is 9.50 Å². The normalized spacial score (nSPS) is 12.3. The molecule has 1 unspecified atom stereocenters. The van der Waals surface area contributed by atoms with Crippen molar-refractivity contribution in [1.29, 1.82) is 0 Å². The van der Waals surface area contributed by atoms with E-state index in [0.29, 0.717) is 11.4 Å². The maximum Gasteiger partial charge on any atom is 0.123 e. The summed E-state index contributed by atoms with van der Waals surface area (Å²) in [5, 5.41) is 9.44. The average molecular weight is 298 g/mol. The van der Waals surface area contributed by atoms with Crippen molar-refractivity contribution in [3.05, 3.63) is 55.0 Å². The van der Waals surface area contributed by atoms with Gasteiger partial charge in [-0.25, -0.2) is 19.3 Å². The molecule has 0 amide bonds. The molecule has 6 heteroatoms. The van der Waals surface area contributed by atoms with Crippen molar-refractivity contribution < 1.29 is 9.50 Å². The molecule has 0 bridgehead atoms. The predicted octanol–water partition coefficient (Wildman–Crippen LogP) is 2.70. The van der Waals surface area contributed by atoms with Crippen LogP contribution in [0.15, 0.2) is 49.2 Å². The number of rotatable bonds is 4. The Hall–Kier alpha value is -2.60. The third-order valence-corrected chi connectivity index (χ3v) is 3.48. The van der Waals surface area contributed by atoms with Crippen LogP contribution in [0.25, 0.3) is 22.6 Å². The molecule has 3 aromatic rings. The molecule has 0 aliphatic heterocycles. The SMILES string of the molecule is CC(CO)n1cnc(-c2ccc(F)cc2)c1-c1ccncn1. The lowest BCUT2D eigenvalue weighted by Gasteiger charge is -2.14. The zero-order chi connectivity index (χ0) is 15.5.